The molecule has 1 N–H and O–H groups in total. The van der Waals surface area contributed by atoms with Crippen molar-refractivity contribution in [3.8, 4) is 11.3 Å². The maximum atomic E-state index is 12.8. The van der Waals surface area contributed by atoms with Crippen molar-refractivity contribution in [1.29, 1.82) is 0 Å². The molecule has 2 aromatic heterocycles. The van der Waals surface area contributed by atoms with Crippen LogP contribution in [0.1, 0.15) is 33.3 Å². The molecule has 1 saturated carbocycles. The van der Waals surface area contributed by atoms with E-state index in [1.165, 1.54) is 34.4 Å². The lowest BCUT2D eigenvalue weighted by Gasteiger charge is -2.07. The van der Waals surface area contributed by atoms with Crippen LogP contribution in [0.15, 0.2) is 53.6 Å². The van der Waals surface area contributed by atoms with Gasteiger partial charge in [-0.15, -0.1) is 11.3 Å². The van der Waals surface area contributed by atoms with Gasteiger partial charge >= 0.3 is 0 Å². The molecule has 1 amide bonds. The Bertz CT molecular complexity index is 1150. The van der Waals surface area contributed by atoms with E-state index >= 15 is 0 Å². The molecule has 28 heavy (non-hydrogen) atoms. The summed E-state index contributed by atoms with van der Waals surface area (Å²) in [6, 6.07) is 11.9. The maximum Gasteiger partial charge on any atom is 0.265 e. The van der Waals surface area contributed by atoms with Gasteiger partial charge in [-0.3, -0.25) is 9.78 Å². The van der Waals surface area contributed by atoms with E-state index in [9.17, 15) is 13.2 Å². The molecule has 1 aliphatic rings. The number of aromatic nitrogens is 1. The first kappa shape index (κ1) is 19.1. The van der Waals surface area contributed by atoms with Crippen LogP contribution in [0, 0.1) is 0 Å². The van der Waals surface area contributed by atoms with Gasteiger partial charge in [-0.05, 0) is 55.2 Å². The lowest BCUT2D eigenvalue weighted by molar-refractivity contribution is 0.103. The first-order chi connectivity index (χ1) is 13.3. The summed E-state index contributed by atoms with van der Waals surface area (Å²) < 4.78 is 23.6. The predicted octanol–water partition coefficient (Wildman–Crippen LogP) is 5.00. The molecule has 0 saturated heterocycles. The first-order valence-electron chi connectivity index (χ1n) is 8.68. The van der Waals surface area contributed by atoms with Crippen LogP contribution in [0.2, 0.25) is 5.02 Å². The Hall–Kier alpha value is -2.22. The average molecular weight is 433 g/mol. The van der Waals surface area contributed by atoms with Crippen LogP contribution in [0.3, 0.4) is 0 Å². The van der Waals surface area contributed by atoms with Gasteiger partial charge in [0.25, 0.3) is 5.91 Å². The molecule has 1 aromatic carbocycles. The summed E-state index contributed by atoms with van der Waals surface area (Å²) in [4.78, 5) is 19.0. The largest absolute Gasteiger partial charge is 0.321 e. The minimum atomic E-state index is -3.43. The molecule has 0 radical (unpaired) electrons. The van der Waals surface area contributed by atoms with E-state index in [0.717, 1.165) is 30.4 Å². The van der Waals surface area contributed by atoms with Crippen molar-refractivity contribution < 1.29 is 13.2 Å². The van der Waals surface area contributed by atoms with Crippen LogP contribution in [-0.2, 0) is 9.84 Å². The van der Waals surface area contributed by atoms with Crippen LogP contribution >= 0.6 is 22.9 Å². The molecule has 0 unspecified atom stereocenters. The lowest BCUT2D eigenvalue weighted by Crippen LogP contribution is -2.11. The number of pyridine rings is 1. The summed E-state index contributed by atoms with van der Waals surface area (Å²) in [5.74, 6) is 0.183. The fourth-order valence-corrected chi connectivity index (χ4v) is 5.14. The number of sulfone groups is 1. The van der Waals surface area contributed by atoms with E-state index in [0.29, 0.717) is 16.5 Å². The zero-order chi connectivity index (χ0) is 19.9. The fraction of sp³-hybridized carbons (Fsp3) is 0.200. The quantitative estimate of drug-likeness (QED) is 0.615. The van der Waals surface area contributed by atoms with Crippen molar-refractivity contribution >= 4 is 44.4 Å². The number of nitrogens with one attached hydrogen (secondary N) is 1. The molecular weight excluding hydrogens is 416 g/mol. The van der Waals surface area contributed by atoms with E-state index < -0.39 is 9.84 Å². The number of carbonyl (C=O) groups excluding carboxylic acids is 1. The van der Waals surface area contributed by atoms with Crippen molar-refractivity contribution in [2.45, 2.75) is 23.7 Å². The summed E-state index contributed by atoms with van der Waals surface area (Å²) in [5, 5.41) is 3.01. The SMILES string of the molecule is CS(=O)(=O)c1cc(Cl)cc(NC(=O)c2cc(-c3ccccn3)c(C3CC3)s2)c1. The van der Waals surface area contributed by atoms with Crippen LogP contribution in [-0.4, -0.2) is 25.6 Å². The van der Waals surface area contributed by atoms with Crippen molar-refractivity contribution in [2.75, 3.05) is 11.6 Å². The number of hydrogen-bond donors (Lipinski definition) is 1. The molecule has 5 nitrogen and oxygen atoms in total. The Kier molecular flexibility index (Phi) is 4.99. The molecule has 0 spiro atoms. The predicted molar refractivity (Wildman–Crippen MR) is 112 cm³/mol. The molecule has 0 aliphatic heterocycles. The van der Waals surface area contributed by atoms with Gasteiger partial charge < -0.3 is 5.32 Å². The lowest BCUT2D eigenvalue weighted by atomic mass is 10.1. The Morgan fingerprint density at radius 1 is 1.21 bits per heavy atom. The second-order valence-electron chi connectivity index (χ2n) is 6.78. The summed E-state index contributed by atoms with van der Waals surface area (Å²) >= 11 is 7.49. The molecule has 1 aliphatic carbocycles. The Morgan fingerprint density at radius 3 is 2.64 bits per heavy atom. The summed E-state index contributed by atoms with van der Waals surface area (Å²) in [6.45, 7) is 0. The minimum Gasteiger partial charge on any atom is -0.321 e. The number of benzene rings is 1. The standard InChI is InChI=1S/C20H17ClN2O3S2/c1-28(25,26)15-9-13(21)8-14(10-15)23-20(24)18-11-16(17-4-2-3-7-22-17)19(27-18)12-5-6-12/h2-4,7-12H,5-6H2,1H3,(H,23,24). The van der Waals surface area contributed by atoms with Gasteiger partial charge in [0, 0.05) is 33.6 Å². The first-order valence-corrected chi connectivity index (χ1v) is 11.8. The minimum absolute atomic E-state index is 0.0642. The van der Waals surface area contributed by atoms with Gasteiger partial charge in [-0.1, -0.05) is 17.7 Å². The molecule has 4 rings (SSSR count). The third-order valence-corrected chi connectivity index (χ3v) is 7.04. The number of rotatable bonds is 5. The zero-order valence-electron chi connectivity index (χ0n) is 15.0. The molecular formula is C20H17ClN2O3S2. The van der Waals surface area contributed by atoms with E-state index in [1.807, 2.05) is 24.3 Å². The molecule has 0 bridgehead atoms. The summed E-state index contributed by atoms with van der Waals surface area (Å²) in [5.41, 5.74) is 2.18. The third kappa shape index (κ3) is 4.11. The molecule has 1 fully saturated rings. The van der Waals surface area contributed by atoms with E-state index in [2.05, 4.69) is 10.3 Å². The van der Waals surface area contributed by atoms with Crippen LogP contribution in [0.4, 0.5) is 5.69 Å². The molecule has 144 valence electrons. The topological polar surface area (TPSA) is 76.1 Å². The summed E-state index contributed by atoms with van der Waals surface area (Å²) in [7, 11) is -3.43. The average Bonchev–Trinajstić information content (AvgIpc) is 3.39. The van der Waals surface area contributed by atoms with Gasteiger partial charge in [0.05, 0.1) is 15.5 Å². The molecule has 2 heterocycles. The number of hydrogen-bond acceptors (Lipinski definition) is 5. The summed E-state index contributed by atoms with van der Waals surface area (Å²) in [6.07, 6.45) is 5.08. The highest BCUT2D eigenvalue weighted by Crippen LogP contribution is 2.48. The van der Waals surface area contributed by atoms with Gasteiger partial charge in [0.15, 0.2) is 9.84 Å². The van der Waals surface area contributed by atoms with Crippen LogP contribution in [0.25, 0.3) is 11.3 Å². The Labute approximate surface area is 172 Å². The molecule has 0 atom stereocenters. The highest BCUT2D eigenvalue weighted by atomic mass is 35.5. The number of amides is 1. The smallest absolute Gasteiger partial charge is 0.265 e. The Balaban J connectivity index is 1.65. The number of nitrogens with zero attached hydrogens (tertiary/aromatic N) is 1. The number of anilines is 1. The highest BCUT2D eigenvalue weighted by molar-refractivity contribution is 7.90. The Morgan fingerprint density at radius 2 is 2.00 bits per heavy atom. The number of halogens is 1. The fourth-order valence-electron chi connectivity index (χ4n) is 2.93. The van der Waals surface area contributed by atoms with Crippen molar-refractivity contribution in [1.82, 2.24) is 4.98 Å². The number of thiophene rings is 1. The maximum absolute atomic E-state index is 12.8. The van der Waals surface area contributed by atoms with Crippen molar-refractivity contribution in [2.24, 2.45) is 0 Å². The van der Waals surface area contributed by atoms with Gasteiger partial charge in [0.2, 0.25) is 0 Å². The highest BCUT2D eigenvalue weighted by Gasteiger charge is 2.30. The van der Waals surface area contributed by atoms with Crippen molar-refractivity contribution in [3.63, 3.8) is 0 Å². The number of carbonyl (C=O) groups is 1. The monoisotopic (exact) mass is 432 g/mol. The van der Waals surface area contributed by atoms with Gasteiger partial charge in [0.1, 0.15) is 0 Å². The van der Waals surface area contributed by atoms with E-state index in [1.54, 1.807) is 6.20 Å². The second-order valence-corrected chi connectivity index (χ2v) is 10.3. The molecule has 3 aromatic rings. The third-order valence-electron chi connectivity index (χ3n) is 4.43. The zero-order valence-corrected chi connectivity index (χ0v) is 17.4. The van der Waals surface area contributed by atoms with Gasteiger partial charge in [-0.2, -0.15) is 0 Å². The van der Waals surface area contributed by atoms with E-state index in [-0.39, 0.29) is 15.8 Å². The van der Waals surface area contributed by atoms with Crippen LogP contribution in [0.5, 0.6) is 0 Å². The van der Waals surface area contributed by atoms with Crippen molar-refractivity contribution in [3.05, 3.63) is 63.4 Å². The second kappa shape index (κ2) is 7.31. The van der Waals surface area contributed by atoms with Gasteiger partial charge in [-0.25, -0.2) is 8.42 Å². The van der Waals surface area contributed by atoms with E-state index in [4.69, 9.17) is 11.6 Å². The van der Waals surface area contributed by atoms with Crippen LogP contribution < -0.4 is 5.32 Å². The normalized spacial score (nSPS) is 14.1. The molecule has 8 heteroatoms.